The first kappa shape index (κ1) is 19.7. The summed E-state index contributed by atoms with van der Waals surface area (Å²) in [4.78, 5) is 16.3. The van der Waals surface area contributed by atoms with E-state index < -0.39 is 5.60 Å². The molecule has 148 valence electrons. The van der Waals surface area contributed by atoms with Crippen LogP contribution in [0.25, 0.3) is 0 Å². The van der Waals surface area contributed by atoms with Gasteiger partial charge in [0.15, 0.2) is 0 Å². The Bertz CT molecular complexity index is 643. The normalized spacial score (nSPS) is 23.8. The van der Waals surface area contributed by atoms with Gasteiger partial charge in [0.05, 0.1) is 5.60 Å². The maximum absolute atomic E-state index is 12.2. The Morgan fingerprint density at radius 3 is 2.67 bits per heavy atom. The van der Waals surface area contributed by atoms with Crippen molar-refractivity contribution in [3.8, 4) is 0 Å². The number of likely N-dealkylation sites (tertiary alicyclic amines) is 1. The van der Waals surface area contributed by atoms with Crippen molar-refractivity contribution < 1.29 is 14.3 Å². The molecule has 1 aromatic carbocycles. The van der Waals surface area contributed by atoms with Gasteiger partial charge in [-0.05, 0) is 58.2 Å². The van der Waals surface area contributed by atoms with E-state index in [1.54, 1.807) is 4.90 Å². The van der Waals surface area contributed by atoms with E-state index in [-0.39, 0.29) is 11.7 Å². The molecule has 0 aromatic heterocycles. The summed E-state index contributed by atoms with van der Waals surface area (Å²) >= 11 is 0. The molecule has 2 saturated heterocycles. The number of carbonyl (C=O) groups is 1. The van der Waals surface area contributed by atoms with Gasteiger partial charge in [-0.15, -0.1) is 0 Å². The molecular weight excluding hydrogens is 340 g/mol. The molecule has 1 aromatic rings. The number of ether oxygens (including phenoxy) is 2. The van der Waals surface area contributed by atoms with Crippen LogP contribution in [0.1, 0.15) is 45.6 Å². The summed E-state index contributed by atoms with van der Waals surface area (Å²) in [6.45, 7) is 8.62. The van der Waals surface area contributed by atoms with E-state index in [1.807, 2.05) is 26.8 Å². The van der Waals surface area contributed by atoms with Crippen molar-refractivity contribution in [1.29, 1.82) is 0 Å². The Morgan fingerprint density at radius 2 is 2.00 bits per heavy atom. The minimum atomic E-state index is -0.475. The highest BCUT2D eigenvalue weighted by Gasteiger charge is 2.40. The summed E-state index contributed by atoms with van der Waals surface area (Å²) in [7, 11) is 0. The number of piperidine rings is 1. The maximum Gasteiger partial charge on any atom is 0.412 e. The Morgan fingerprint density at radius 1 is 1.22 bits per heavy atom. The number of nitrogens with zero attached hydrogens (tertiary/aromatic N) is 2. The van der Waals surface area contributed by atoms with Crippen molar-refractivity contribution in [2.75, 3.05) is 26.4 Å². The molecule has 5 nitrogen and oxygen atoms in total. The third-order valence-corrected chi connectivity index (χ3v) is 5.10. The standard InChI is InChI=1S/C22H32N2O3/c1-21(2,3)27-20(25)24-16-13-22(26-18-24)12-8-15-23(17-22)14-7-11-19-9-5-4-6-10-19/h4-7,9-10,14H,8,11-13,15-18H2,1-3H3. The summed E-state index contributed by atoms with van der Waals surface area (Å²) in [5.41, 5.74) is 0.702. The molecule has 1 spiro atoms. The Hall–Kier alpha value is -2.01. The van der Waals surface area contributed by atoms with E-state index >= 15 is 0 Å². The summed E-state index contributed by atoms with van der Waals surface area (Å²) < 4.78 is 11.7. The molecular formula is C22H32N2O3. The quantitative estimate of drug-likeness (QED) is 0.798. The minimum absolute atomic E-state index is 0.145. The van der Waals surface area contributed by atoms with Crippen LogP contribution in [0.15, 0.2) is 42.6 Å². The highest BCUT2D eigenvalue weighted by molar-refractivity contribution is 5.68. The Kier molecular flexibility index (Phi) is 6.10. The van der Waals surface area contributed by atoms with E-state index in [1.165, 1.54) is 5.56 Å². The van der Waals surface area contributed by atoms with Crippen LogP contribution in [0.2, 0.25) is 0 Å². The molecule has 5 heteroatoms. The predicted octanol–water partition coefficient (Wildman–Crippen LogP) is 4.19. The zero-order valence-electron chi connectivity index (χ0n) is 16.8. The smallest absolute Gasteiger partial charge is 0.412 e. The SMILES string of the molecule is CC(C)(C)OC(=O)N1CCC2(CCCN(C=CCc3ccccc3)C2)OC1. The lowest BCUT2D eigenvalue weighted by molar-refractivity contribution is -0.154. The van der Waals surface area contributed by atoms with Crippen LogP contribution in [0.3, 0.4) is 0 Å². The van der Waals surface area contributed by atoms with Crippen LogP contribution in [-0.4, -0.2) is 53.5 Å². The molecule has 2 fully saturated rings. The second-order valence-corrected chi connectivity index (χ2v) is 8.60. The van der Waals surface area contributed by atoms with Gasteiger partial charge in [0, 0.05) is 19.6 Å². The van der Waals surface area contributed by atoms with Gasteiger partial charge >= 0.3 is 6.09 Å². The lowest BCUT2D eigenvalue weighted by Crippen LogP contribution is -2.56. The number of hydrogen-bond donors (Lipinski definition) is 0. The third kappa shape index (κ3) is 5.73. The molecule has 1 amide bonds. The zero-order chi connectivity index (χ0) is 19.3. The van der Waals surface area contributed by atoms with E-state index in [0.29, 0.717) is 13.3 Å². The number of hydrogen-bond acceptors (Lipinski definition) is 4. The first-order valence-electron chi connectivity index (χ1n) is 9.92. The van der Waals surface area contributed by atoms with Gasteiger partial charge in [-0.1, -0.05) is 36.4 Å². The first-order valence-corrected chi connectivity index (χ1v) is 9.92. The van der Waals surface area contributed by atoms with E-state index in [9.17, 15) is 4.79 Å². The number of benzene rings is 1. The van der Waals surface area contributed by atoms with Gasteiger partial charge in [-0.2, -0.15) is 0 Å². The number of rotatable bonds is 3. The topological polar surface area (TPSA) is 42.0 Å². The number of carbonyl (C=O) groups excluding carboxylic acids is 1. The molecule has 0 saturated carbocycles. The summed E-state index contributed by atoms with van der Waals surface area (Å²) in [5.74, 6) is 0. The predicted molar refractivity (Wildman–Crippen MR) is 106 cm³/mol. The molecule has 27 heavy (non-hydrogen) atoms. The van der Waals surface area contributed by atoms with Gasteiger partial charge in [0.1, 0.15) is 12.3 Å². The van der Waals surface area contributed by atoms with Crippen LogP contribution in [-0.2, 0) is 15.9 Å². The molecule has 3 rings (SSSR count). The molecule has 1 atom stereocenters. The molecule has 0 N–H and O–H groups in total. The minimum Gasteiger partial charge on any atom is -0.444 e. The molecule has 2 aliphatic rings. The van der Waals surface area contributed by atoms with Gasteiger partial charge in [-0.25, -0.2) is 4.79 Å². The maximum atomic E-state index is 12.2. The largest absolute Gasteiger partial charge is 0.444 e. The second-order valence-electron chi connectivity index (χ2n) is 8.60. The fraction of sp³-hybridized carbons (Fsp3) is 0.591. The van der Waals surface area contributed by atoms with Crippen LogP contribution in [0, 0.1) is 0 Å². The van der Waals surface area contributed by atoms with E-state index in [4.69, 9.17) is 9.47 Å². The summed E-state index contributed by atoms with van der Waals surface area (Å²) in [6, 6.07) is 10.5. The fourth-order valence-electron chi connectivity index (χ4n) is 3.69. The molecule has 0 aliphatic carbocycles. The van der Waals surface area contributed by atoms with Crippen molar-refractivity contribution in [3.63, 3.8) is 0 Å². The molecule has 2 aliphatic heterocycles. The van der Waals surface area contributed by atoms with Crippen molar-refractivity contribution in [2.45, 2.75) is 57.7 Å². The lowest BCUT2D eigenvalue weighted by Gasteiger charge is -2.47. The lowest BCUT2D eigenvalue weighted by atomic mass is 9.88. The summed E-state index contributed by atoms with van der Waals surface area (Å²) in [5, 5.41) is 0. The molecule has 0 radical (unpaired) electrons. The third-order valence-electron chi connectivity index (χ3n) is 5.10. The van der Waals surface area contributed by atoms with Crippen molar-refractivity contribution >= 4 is 6.09 Å². The highest BCUT2D eigenvalue weighted by atomic mass is 16.6. The van der Waals surface area contributed by atoms with Gasteiger partial charge in [0.25, 0.3) is 0 Å². The highest BCUT2D eigenvalue weighted by Crippen LogP contribution is 2.32. The van der Waals surface area contributed by atoms with Crippen LogP contribution < -0.4 is 0 Å². The average Bonchev–Trinajstić information content (AvgIpc) is 2.62. The summed E-state index contributed by atoms with van der Waals surface area (Å²) in [6.07, 6.45) is 8.11. The van der Waals surface area contributed by atoms with E-state index in [0.717, 1.165) is 38.8 Å². The number of allylic oxidation sites excluding steroid dienone is 1. The van der Waals surface area contributed by atoms with Crippen LogP contribution in [0.4, 0.5) is 4.79 Å². The Balaban J connectivity index is 1.50. The van der Waals surface area contributed by atoms with Crippen molar-refractivity contribution in [1.82, 2.24) is 9.80 Å². The first-order chi connectivity index (χ1) is 12.9. The van der Waals surface area contributed by atoms with Gasteiger partial charge in [-0.3, -0.25) is 4.90 Å². The monoisotopic (exact) mass is 372 g/mol. The van der Waals surface area contributed by atoms with Crippen LogP contribution >= 0.6 is 0 Å². The fourth-order valence-corrected chi connectivity index (χ4v) is 3.69. The molecule has 1 unspecified atom stereocenters. The van der Waals surface area contributed by atoms with Gasteiger partial charge < -0.3 is 14.4 Å². The zero-order valence-corrected chi connectivity index (χ0v) is 16.8. The Labute approximate surface area is 162 Å². The van der Waals surface area contributed by atoms with Crippen molar-refractivity contribution in [2.24, 2.45) is 0 Å². The van der Waals surface area contributed by atoms with Gasteiger partial charge in [0.2, 0.25) is 0 Å². The number of amides is 1. The molecule has 2 heterocycles. The molecule has 0 bridgehead atoms. The van der Waals surface area contributed by atoms with E-state index in [2.05, 4.69) is 41.4 Å². The second kappa shape index (κ2) is 8.34. The van der Waals surface area contributed by atoms with Crippen molar-refractivity contribution in [3.05, 3.63) is 48.2 Å². The average molecular weight is 373 g/mol. The van der Waals surface area contributed by atoms with Crippen LogP contribution in [0.5, 0.6) is 0 Å².